The van der Waals surface area contributed by atoms with Crippen molar-refractivity contribution in [2.75, 3.05) is 25.6 Å². The van der Waals surface area contributed by atoms with Crippen LogP contribution in [-0.2, 0) is 4.74 Å². The van der Waals surface area contributed by atoms with E-state index in [2.05, 4.69) is 5.16 Å². The Bertz CT molecular complexity index is 380. The molecule has 0 aromatic carbocycles. The van der Waals surface area contributed by atoms with Gasteiger partial charge in [0.05, 0.1) is 25.5 Å². The minimum atomic E-state index is -0.0901. The third-order valence-corrected chi connectivity index (χ3v) is 3.00. The minimum absolute atomic E-state index is 0.0720. The molecule has 1 fully saturated rings. The lowest BCUT2D eigenvalue weighted by Gasteiger charge is -2.34. The van der Waals surface area contributed by atoms with Gasteiger partial charge in [-0.1, -0.05) is 5.16 Å². The number of hydrogen-bond donors (Lipinski definition) is 0. The summed E-state index contributed by atoms with van der Waals surface area (Å²) in [5.41, 5.74) is 0.497. The normalized spacial score (nSPS) is 21.1. The Labute approximate surface area is 98.3 Å². The smallest absolute Gasteiger partial charge is 0.259 e. The summed E-state index contributed by atoms with van der Waals surface area (Å²) in [6.07, 6.45) is 1.44. The van der Waals surface area contributed by atoms with E-state index in [0.29, 0.717) is 37.0 Å². The summed E-state index contributed by atoms with van der Waals surface area (Å²) >= 11 is 5.81. The van der Waals surface area contributed by atoms with Crippen molar-refractivity contribution in [3.8, 4) is 0 Å². The Morgan fingerprint density at radius 1 is 1.75 bits per heavy atom. The SMILES string of the molecule is Cc1oncc1C(=O)N1CCOCC1CCl. The van der Waals surface area contributed by atoms with E-state index >= 15 is 0 Å². The lowest BCUT2D eigenvalue weighted by atomic mass is 10.2. The van der Waals surface area contributed by atoms with E-state index in [1.165, 1.54) is 6.20 Å². The number of amides is 1. The van der Waals surface area contributed by atoms with Crippen LogP contribution in [0.3, 0.4) is 0 Å². The summed E-state index contributed by atoms with van der Waals surface area (Å²) in [6.45, 7) is 3.31. The van der Waals surface area contributed by atoms with Gasteiger partial charge in [-0.15, -0.1) is 11.6 Å². The largest absolute Gasteiger partial charge is 0.377 e. The standard InChI is InChI=1S/C10H13ClN2O3/c1-7-9(5-12-16-7)10(14)13-2-3-15-6-8(13)4-11/h5,8H,2-4,6H2,1H3. The predicted molar refractivity (Wildman–Crippen MR) is 57.6 cm³/mol. The van der Waals surface area contributed by atoms with Crippen LogP contribution >= 0.6 is 11.6 Å². The summed E-state index contributed by atoms with van der Waals surface area (Å²) < 4.78 is 10.2. The zero-order valence-corrected chi connectivity index (χ0v) is 9.74. The molecular formula is C10H13ClN2O3. The summed E-state index contributed by atoms with van der Waals surface area (Å²) in [4.78, 5) is 13.9. The molecule has 1 aromatic rings. The molecule has 1 amide bonds. The second-order valence-electron chi connectivity index (χ2n) is 3.68. The van der Waals surface area contributed by atoms with E-state index in [-0.39, 0.29) is 11.9 Å². The number of rotatable bonds is 2. The van der Waals surface area contributed by atoms with Gasteiger partial charge in [-0.25, -0.2) is 0 Å². The molecule has 1 atom stereocenters. The number of ether oxygens (including phenoxy) is 1. The highest BCUT2D eigenvalue weighted by Crippen LogP contribution is 2.15. The second-order valence-corrected chi connectivity index (χ2v) is 3.99. The van der Waals surface area contributed by atoms with Crippen LogP contribution in [0, 0.1) is 6.92 Å². The van der Waals surface area contributed by atoms with Crippen molar-refractivity contribution in [2.45, 2.75) is 13.0 Å². The predicted octanol–water partition coefficient (Wildman–Crippen LogP) is 1.06. The number of alkyl halides is 1. The van der Waals surface area contributed by atoms with Crippen molar-refractivity contribution >= 4 is 17.5 Å². The highest BCUT2D eigenvalue weighted by molar-refractivity contribution is 6.18. The minimum Gasteiger partial charge on any atom is -0.377 e. The molecule has 1 aliphatic heterocycles. The van der Waals surface area contributed by atoms with Crippen molar-refractivity contribution in [1.82, 2.24) is 10.1 Å². The lowest BCUT2D eigenvalue weighted by molar-refractivity contribution is 0.00447. The zero-order valence-electron chi connectivity index (χ0n) is 8.98. The molecule has 6 heteroatoms. The molecule has 0 radical (unpaired) electrons. The van der Waals surface area contributed by atoms with Crippen LogP contribution in [0.25, 0.3) is 0 Å². The molecule has 1 aromatic heterocycles. The number of hydrogen-bond acceptors (Lipinski definition) is 4. The number of morpholine rings is 1. The summed E-state index contributed by atoms with van der Waals surface area (Å²) in [5, 5.41) is 3.60. The molecule has 0 spiro atoms. The topological polar surface area (TPSA) is 55.6 Å². The molecule has 16 heavy (non-hydrogen) atoms. The van der Waals surface area contributed by atoms with E-state index < -0.39 is 0 Å². The van der Waals surface area contributed by atoms with Crippen LogP contribution in [0.15, 0.2) is 10.7 Å². The molecule has 1 saturated heterocycles. The van der Waals surface area contributed by atoms with Crippen molar-refractivity contribution in [2.24, 2.45) is 0 Å². The summed E-state index contributed by atoms with van der Waals surface area (Å²) in [5.74, 6) is 0.813. The van der Waals surface area contributed by atoms with Crippen LogP contribution in [0.1, 0.15) is 16.1 Å². The number of aryl methyl sites for hydroxylation is 1. The van der Waals surface area contributed by atoms with E-state index in [1.54, 1.807) is 11.8 Å². The Morgan fingerprint density at radius 2 is 2.56 bits per heavy atom. The molecule has 2 rings (SSSR count). The van der Waals surface area contributed by atoms with E-state index in [9.17, 15) is 4.79 Å². The van der Waals surface area contributed by atoms with Crippen molar-refractivity contribution in [3.05, 3.63) is 17.5 Å². The average molecular weight is 245 g/mol. The van der Waals surface area contributed by atoms with Crippen LogP contribution < -0.4 is 0 Å². The van der Waals surface area contributed by atoms with Crippen LogP contribution in [0.5, 0.6) is 0 Å². The van der Waals surface area contributed by atoms with E-state index in [0.717, 1.165) is 0 Å². The maximum Gasteiger partial charge on any atom is 0.259 e. The first kappa shape index (κ1) is 11.4. The van der Waals surface area contributed by atoms with Gasteiger partial charge in [0.15, 0.2) is 0 Å². The maximum absolute atomic E-state index is 12.2. The first-order valence-corrected chi connectivity index (χ1v) is 5.63. The number of nitrogens with zero attached hydrogens (tertiary/aromatic N) is 2. The van der Waals surface area contributed by atoms with Gasteiger partial charge in [0, 0.05) is 12.4 Å². The third-order valence-electron chi connectivity index (χ3n) is 2.65. The van der Waals surface area contributed by atoms with Crippen LogP contribution in [0.2, 0.25) is 0 Å². The highest BCUT2D eigenvalue weighted by atomic mass is 35.5. The molecule has 2 heterocycles. The molecule has 0 saturated carbocycles. The second kappa shape index (κ2) is 4.84. The molecule has 0 N–H and O–H groups in total. The summed E-state index contributed by atoms with van der Waals surface area (Å²) in [7, 11) is 0. The maximum atomic E-state index is 12.2. The fraction of sp³-hybridized carbons (Fsp3) is 0.600. The van der Waals surface area contributed by atoms with Gasteiger partial charge in [0.1, 0.15) is 11.3 Å². The first-order chi connectivity index (χ1) is 7.74. The number of carbonyl (C=O) groups excluding carboxylic acids is 1. The fourth-order valence-corrected chi connectivity index (χ4v) is 1.96. The molecule has 0 bridgehead atoms. The fourth-order valence-electron chi connectivity index (χ4n) is 1.71. The lowest BCUT2D eigenvalue weighted by Crippen LogP contribution is -2.49. The highest BCUT2D eigenvalue weighted by Gasteiger charge is 2.29. The van der Waals surface area contributed by atoms with Crippen molar-refractivity contribution in [3.63, 3.8) is 0 Å². The zero-order chi connectivity index (χ0) is 11.5. The van der Waals surface area contributed by atoms with Gasteiger partial charge in [0.25, 0.3) is 5.91 Å². The molecule has 1 unspecified atom stereocenters. The van der Waals surface area contributed by atoms with Gasteiger partial charge in [0.2, 0.25) is 0 Å². The number of carbonyl (C=O) groups is 1. The number of aromatic nitrogens is 1. The number of halogens is 1. The summed E-state index contributed by atoms with van der Waals surface area (Å²) in [6, 6.07) is -0.0720. The molecular weight excluding hydrogens is 232 g/mol. The van der Waals surface area contributed by atoms with Gasteiger partial charge in [-0.2, -0.15) is 0 Å². The van der Waals surface area contributed by atoms with E-state index in [1.807, 2.05) is 0 Å². The first-order valence-electron chi connectivity index (χ1n) is 5.10. The monoisotopic (exact) mass is 244 g/mol. The van der Waals surface area contributed by atoms with Gasteiger partial charge in [-0.3, -0.25) is 4.79 Å². The Kier molecular flexibility index (Phi) is 3.46. The van der Waals surface area contributed by atoms with Crippen LogP contribution in [-0.4, -0.2) is 47.6 Å². The molecule has 88 valence electrons. The molecule has 1 aliphatic rings. The van der Waals surface area contributed by atoms with Gasteiger partial charge in [-0.05, 0) is 6.92 Å². The van der Waals surface area contributed by atoms with E-state index in [4.69, 9.17) is 20.9 Å². The van der Waals surface area contributed by atoms with Gasteiger partial charge < -0.3 is 14.2 Å². The quantitative estimate of drug-likeness (QED) is 0.730. The third kappa shape index (κ3) is 2.05. The average Bonchev–Trinajstić information content (AvgIpc) is 2.74. The molecule has 5 nitrogen and oxygen atoms in total. The van der Waals surface area contributed by atoms with Gasteiger partial charge >= 0.3 is 0 Å². The Hall–Kier alpha value is -1.07. The van der Waals surface area contributed by atoms with Crippen molar-refractivity contribution in [1.29, 1.82) is 0 Å². The van der Waals surface area contributed by atoms with Crippen LogP contribution in [0.4, 0.5) is 0 Å². The van der Waals surface area contributed by atoms with Crippen molar-refractivity contribution < 1.29 is 14.1 Å². The Balaban J connectivity index is 2.17. The molecule has 0 aliphatic carbocycles. The Morgan fingerprint density at radius 3 is 3.19 bits per heavy atom.